The molecule has 2 aliphatic rings. The molecule has 5 heteroatoms. The lowest BCUT2D eigenvalue weighted by Crippen LogP contribution is -2.45. The van der Waals surface area contributed by atoms with Crippen molar-refractivity contribution >= 4 is 15.9 Å². The molecule has 0 N–H and O–H groups in total. The van der Waals surface area contributed by atoms with Crippen LogP contribution in [-0.4, -0.2) is 30.6 Å². The van der Waals surface area contributed by atoms with Gasteiger partial charge in [-0.2, -0.15) is 0 Å². The van der Waals surface area contributed by atoms with Crippen LogP contribution < -0.4 is 0 Å². The van der Waals surface area contributed by atoms with Crippen molar-refractivity contribution in [2.24, 2.45) is 4.99 Å². The largest absolute Gasteiger partial charge is 0.265 e. The fraction of sp³-hybridized carbons (Fsp3) is 0.350. The van der Waals surface area contributed by atoms with E-state index in [-0.39, 0.29) is 12.1 Å². The molecule has 1 aliphatic carbocycles. The van der Waals surface area contributed by atoms with Crippen molar-refractivity contribution in [2.75, 3.05) is 0 Å². The predicted molar refractivity (Wildman–Crippen MR) is 99.2 cm³/mol. The molecule has 0 aromatic heterocycles. The Hall–Kier alpha value is -2.14. The number of aliphatic imine (C=N–C) groups is 1. The van der Waals surface area contributed by atoms with E-state index < -0.39 is 10.0 Å². The van der Waals surface area contributed by atoms with Gasteiger partial charge in [-0.3, -0.25) is 4.99 Å². The van der Waals surface area contributed by atoms with Crippen molar-refractivity contribution in [3.05, 3.63) is 65.7 Å². The van der Waals surface area contributed by atoms with Gasteiger partial charge in [-0.1, -0.05) is 60.9 Å². The zero-order chi connectivity index (χ0) is 17.4. The van der Waals surface area contributed by atoms with Crippen LogP contribution in [0.25, 0.3) is 0 Å². The number of aryl methyl sites for hydroxylation is 1. The summed E-state index contributed by atoms with van der Waals surface area (Å²) in [6, 6.07) is 16.8. The molecule has 0 radical (unpaired) electrons. The summed E-state index contributed by atoms with van der Waals surface area (Å²) in [6.07, 6.45) is 4.00. The first-order valence-corrected chi connectivity index (χ1v) is 10.3. The number of nitrogens with zero attached hydrogens (tertiary/aromatic N) is 2. The summed E-state index contributed by atoms with van der Waals surface area (Å²) >= 11 is 0. The summed E-state index contributed by atoms with van der Waals surface area (Å²) in [7, 11) is -3.62. The first kappa shape index (κ1) is 16.3. The highest BCUT2D eigenvalue weighted by Crippen LogP contribution is 2.36. The maximum atomic E-state index is 13.4. The van der Waals surface area contributed by atoms with Crippen molar-refractivity contribution < 1.29 is 8.42 Å². The average Bonchev–Trinajstić information content (AvgIpc) is 3.03. The Balaban J connectivity index is 1.81. The van der Waals surface area contributed by atoms with Crippen molar-refractivity contribution in [3.63, 3.8) is 0 Å². The van der Waals surface area contributed by atoms with Crippen LogP contribution >= 0.6 is 0 Å². The molecule has 2 aromatic carbocycles. The van der Waals surface area contributed by atoms with Crippen LogP contribution in [0.3, 0.4) is 0 Å². The molecule has 0 unspecified atom stereocenters. The number of amidine groups is 1. The second-order valence-electron chi connectivity index (χ2n) is 6.85. The van der Waals surface area contributed by atoms with Crippen LogP contribution in [0.1, 0.15) is 36.8 Å². The Bertz CT molecular complexity index is 889. The molecule has 1 fully saturated rings. The highest BCUT2D eigenvalue weighted by Gasteiger charge is 2.44. The maximum Gasteiger partial charge on any atom is 0.265 e. The van der Waals surface area contributed by atoms with Gasteiger partial charge in [0.1, 0.15) is 5.84 Å². The fourth-order valence-electron chi connectivity index (χ4n) is 3.79. The Kier molecular flexibility index (Phi) is 4.12. The molecule has 1 heterocycles. The topological polar surface area (TPSA) is 49.7 Å². The molecule has 4 nitrogen and oxygen atoms in total. The Morgan fingerprint density at radius 1 is 0.960 bits per heavy atom. The van der Waals surface area contributed by atoms with Gasteiger partial charge >= 0.3 is 0 Å². The van der Waals surface area contributed by atoms with E-state index >= 15 is 0 Å². The minimum absolute atomic E-state index is 0.0599. The number of fused-ring (bicyclic) bond motifs is 1. The average molecular weight is 354 g/mol. The highest BCUT2D eigenvalue weighted by atomic mass is 32.2. The molecule has 4 rings (SSSR count). The van der Waals surface area contributed by atoms with E-state index in [4.69, 9.17) is 4.99 Å². The van der Waals surface area contributed by atoms with E-state index in [1.807, 2.05) is 49.4 Å². The molecule has 25 heavy (non-hydrogen) atoms. The Labute approximate surface area is 149 Å². The predicted octanol–water partition coefficient (Wildman–Crippen LogP) is 3.76. The summed E-state index contributed by atoms with van der Waals surface area (Å²) in [5.74, 6) is 0.595. The smallest absolute Gasteiger partial charge is 0.262 e. The van der Waals surface area contributed by atoms with Crippen LogP contribution in [0.4, 0.5) is 0 Å². The minimum atomic E-state index is -3.62. The highest BCUT2D eigenvalue weighted by molar-refractivity contribution is 7.89. The molecule has 0 bridgehead atoms. The van der Waals surface area contributed by atoms with Gasteiger partial charge in [0.2, 0.25) is 0 Å². The van der Waals surface area contributed by atoms with Crippen LogP contribution in [0.2, 0.25) is 0 Å². The van der Waals surface area contributed by atoms with Gasteiger partial charge in [-0.05, 0) is 31.9 Å². The third kappa shape index (κ3) is 2.86. The fourth-order valence-corrected chi connectivity index (χ4v) is 5.48. The lowest BCUT2D eigenvalue weighted by atomic mass is 9.92. The van der Waals surface area contributed by atoms with Gasteiger partial charge in [0.25, 0.3) is 10.0 Å². The van der Waals surface area contributed by atoms with Crippen molar-refractivity contribution in [1.82, 2.24) is 4.31 Å². The zero-order valence-corrected chi connectivity index (χ0v) is 15.1. The monoisotopic (exact) mass is 354 g/mol. The third-order valence-corrected chi connectivity index (χ3v) is 6.93. The van der Waals surface area contributed by atoms with Crippen molar-refractivity contribution in [2.45, 2.75) is 49.6 Å². The summed E-state index contributed by atoms with van der Waals surface area (Å²) < 4.78 is 28.5. The summed E-state index contributed by atoms with van der Waals surface area (Å²) in [5.41, 5.74) is 1.92. The Morgan fingerprint density at radius 3 is 2.36 bits per heavy atom. The van der Waals surface area contributed by atoms with Crippen LogP contribution in [0.5, 0.6) is 0 Å². The van der Waals surface area contributed by atoms with Gasteiger partial charge in [0, 0.05) is 5.56 Å². The lowest BCUT2D eigenvalue weighted by Gasteiger charge is -2.32. The summed E-state index contributed by atoms with van der Waals surface area (Å²) in [6.45, 7) is 1.96. The number of rotatable bonds is 3. The second kappa shape index (κ2) is 6.30. The van der Waals surface area contributed by atoms with E-state index in [0.29, 0.717) is 10.7 Å². The van der Waals surface area contributed by atoms with E-state index in [1.54, 1.807) is 16.4 Å². The van der Waals surface area contributed by atoms with Crippen LogP contribution in [0, 0.1) is 6.92 Å². The van der Waals surface area contributed by atoms with E-state index in [1.165, 1.54) is 0 Å². The summed E-state index contributed by atoms with van der Waals surface area (Å²) in [4.78, 5) is 5.18. The third-order valence-electron chi connectivity index (χ3n) is 5.10. The SMILES string of the molecule is Cc1ccc(S(=O)(=O)N2C(c3ccccc3)=N[C@@H]3CCCC[C@H]32)cc1. The van der Waals surface area contributed by atoms with E-state index in [0.717, 1.165) is 36.8 Å². The standard InChI is InChI=1S/C20H22N2O2S/c1-15-11-13-17(14-12-15)25(23,24)22-19-10-6-5-9-18(19)21-20(22)16-7-3-2-4-8-16/h2-4,7-8,11-14,18-19H,5-6,9-10H2,1H3/t18-,19-/m1/s1. The minimum Gasteiger partial charge on any atom is -0.262 e. The number of sulfonamides is 1. The van der Waals surface area contributed by atoms with Gasteiger partial charge in [0.05, 0.1) is 17.0 Å². The number of hydrogen-bond acceptors (Lipinski definition) is 3. The molecule has 2 aromatic rings. The Morgan fingerprint density at radius 2 is 1.64 bits per heavy atom. The normalized spacial score (nSPS) is 23.2. The van der Waals surface area contributed by atoms with Crippen LogP contribution in [0.15, 0.2) is 64.5 Å². The lowest BCUT2D eigenvalue weighted by molar-refractivity contribution is 0.315. The van der Waals surface area contributed by atoms with Crippen LogP contribution in [-0.2, 0) is 10.0 Å². The quantitative estimate of drug-likeness (QED) is 0.843. The van der Waals surface area contributed by atoms with Gasteiger partial charge < -0.3 is 0 Å². The molecule has 0 amide bonds. The molecule has 0 saturated heterocycles. The van der Waals surface area contributed by atoms with Gasteiger partial charge in [-0.15, -0.1) is 0 Å². The van der Waals surface area contributed by atoms with Gasteiger partial charge in [-0.25, -0.2) is 12.7 Å². The van der Waals surface area contributed by atoms with Crippen molar-refractivity contribution in [3.8, 4) is 0 Å². The second-order valence-corrected chi connectivity index (χ2v) is 8.67. The first-order chi connectivity index (χ1) is 12.1. The number of hydrogen-bond donors (Lipinski definition) is 0. The van der Waals surface area contributed by atoms with Crippen molar-refractivity contribution in [1.29, 1.82) is 0 Å². The summed E-state index contributed by atoms with van der Waals surface area (Å²) in [5, 5.41) is 0. The molecule has 1 aliphatic heterocycles. The van der Waals surface area contributed by atoms with E-state index in [9.17, 15) is 8.42 Å². The molecule has 0 spiro atoms. The maximum absolute atomic E-state index is 13.4. The molecule has 130 valence electrons. The number of benzene rings is 2. The molecule has 1 saturated carbocycles. The van der Waals surface area contributed by atoms with Gasteiger partial charge in [0.15, 0.2) is 0 Å². The first-order valence-electron chi connectivity index (χ1n) is 8.82. The van der Waals surface area contributed by atoms with E-state index in [2.05, 4.69) is 0 Å². The zero-order valence-electron chi connectivity index (χ0n) is 14.3. The molecular formula is C20H22N2O2S. The molecular weight excluding hydrogens is 332 g/mol. The molecule has 2 atom stereocenters.